The summed E-state index contributed by atoms with van der Waals surface area (Å²) in [5, 5.41) is 21.9. The van der Waals surface area contributed by atoms with Gasteiger partial charge in [0.25, 0.3) is 0 Å². The van der Waals surface area contributed by atoms with E-state index in [0.717, 1.165) is 36.8 Å². The zero-order valence-corrected chi connectivity index (χ0v) is 21.3. The van der Waals surface area contributed by atoms with Crippen molar-refractivity contribution < 1.29 is 14.4 Å². The monoisotopic (exact) mass is 481 g/mol. The van der Waals surface area contributed by atoms with Gasteiger partial charge in [-0.1, -0.05) is 62.4 Å². The molecular formula is C29H39NO3S. The molecule has 0 aromatic heterocycles. The van der Waals surface area contributed by atoms with Crippen LogP contribution in [-0.2, 0) is 9.73 Å². The van der Waals surface area contributed by atoms with E-state index in [1.165, 1.54) is 12.0 Å². The molecule has 5 heteroatoms. The molecule has 4 rings (SSSR count). The topological polar surface area (TPSA) is 81.4 Å². The number of hydrogen-bond acceptors (Lipinski definition) is 4. The maximum atomic E-state index is 13.0. The lowest BCUT2D eigenvalue weighted by Gasteiger charge is -2.44. The number of benzene rings is 1. The molecule has 34 heavy (non-hydrogen) atoms. The van der Waals surface area contributed by atoms with Gasteiger partial charge in [0.05, 0.1) is 26.8 Å². The van der Waals surface area contributed by atoms with Gasteiger partial charge in [-0.3, -0.25) is 0 Å². The molecule has 3 aliphatic carbocycles. The molecule has 3 N–H and O–H groups in total. The second-order valence-corrected chi connectivity index (χ2v) is 12.7. The van der Waals surface area contributed by atoms with Gasteiger partial charge in [0.15, 0.2) is 0 Å². The average Bonchev–Trinajstić information content (AvgIpc) is 3.17. The van der Waals surface area contributed by atoms with Crippen LogP contribution in [0.25, 0.3) is 0 Å². The van der Waals surface area contributed by atoms with Crippen molar-refractivity contribution in [1.82, 2.24) is 0 Å². The Bertz CT molecular complexity index is 1100. The number of allylic oxidation sites excluding steroid dienone is 4. The fraction of sp³-hybridized carbons (Fsp3) is 0.517. The quantitative estimate of drug-likeness (QED) is 0.456. The van der Waals surface area contributed by atoms with Crippen LogP contribution in [0.3, 0.4) is 0 Å². The molecule has 7 atom stereocenters. The number of aliphatic hydroxyl groups is 2. The molecule has 3 aliphatic rings. The van der Waals surface area contributed by atoms with Gasteiger partial charge in [0, 0.05) is 11.8 Å². The number of hydrogen-bond donors (Lipinski definition) is 3. The molecule has 0 amide bonds. The Morgan fingerprint density at radius 3 is 2.68 bits per heavy atom. The smallest absolute Gasteiger partial charge is 0.0940 e. The van der Waals surface area contributed by atoms with Gasteiger partial charge < -0.3 is 10.2 Å². The first-order valence-corrected chi connectivity index (χ1v) is 14.2. The summed E-state index contributed by atoms with van der Waals surface area (Å²) in [6.45, 7) is 8.68. The molecule has 184 valence electrons. The average molecular weight is 482 g/mol. The first kappa shape index (κ1) is 25.2. The van der Waals surface area contributed by atoms with E-state index in [-0.39, 0.29) is 11.3 Å². The van der Waals surface area contributed by atoms with Gasteiger partial charge in [-0.2, -0.15) is 0 Å². The van der Waals surface area contributed by atoms with Crippen LogP contribution in [0.15, 0.2) is 82.2 Å². The van der Waals surface area contributed by atoms with Crippen LogP contribution in [0, 0.1) is 27.9 Å². The fourth-order valence-electron chi connectivity index (χ4n) is 6.68. The Balaban J connectivity index is 1.51. The molecule has 4 nitrogen and oxygen atoms in total. The Labute approximate surface area is 205 Å². The van der Waals surface area contributed by atoms with Crippen molar-refractivity contribution in [3.8, 4) is 0 Å². The molecule has 0 unspecified atom stereocenters. The molecule has 1 aromatic carbocycles. The third kappa shape index (κ3) is 5.02. The van der Waals surface area contributed by atoms with E-state index in [2.05, 4.69) is 32.6 Å². The second-order valence-electron chi connectivity index (χ2n) is 10.8. The molecule has 0 saturated heterocycles. The summed E-state index contributed by atoms with van der Waals surface area (Å²) >= 11 is 0. The summed E-state index contributed by atoms with van der Waals surface area (Å²) in [5.74, 6) is 1.26. The van der Waals surface area contributed by atoms with Gasteiger partial charge in [-0.05, 0) is 85.0 Å². The summed E-state index contributed by atoms with van der Waals surface area (Å²) in [4.78, 5) is 0.560. The first-order valence-electron chi connectivity index (χ1n) is 12.6. The molecule has 0 spiro atoms. The zero-order valence-electron chi connectivity index (χ0n) is 20.5. The van der Waals surface area contributed by atoms with Crippen LogP contribution in [0.5, 0.6) is 0 Å². The normalized spacial score (nSPS) is 37.1. The van der Waals surface area contributed by atoms with E-state index in [1.807, 2.05) is 24.3 Å². The molecule has 3 fully saturated rings. The van der Waals surface area contributed by atoms with Crippen molar-refractivity contribution in [2.75, 3.05) is 0 Å². The van der Waals surface area contributed by atoms with E-state index in [1.54, 1.807) is 17.5 Å². The number of fused-ring (bicyclic) bond motifs is 1. The van der Waals surface area contributed by atoms with Crippen LogP contribution >= 0.6 is 0 Å². The SMILES string of the molecule is C=C1/C(=C\C=C2/CCC[C@]3(C)[C@@H]([C@@H](C)/C=C/[S@](=N)(=O)c4ccccc4)CC[C@@H]23)C[C@@H](O)C[C@@H]1O. The maximum absolute atomic E-state index is 13.0. The van der Waals surface area contributed by atoms with Gasteiger partial charge in [0.1, 0.15) is 0 Å². The highest BCUT2D eigenvalue weighted by Gasteiger charge is 2.50. The molecule has 0 bridgehead atoms. The predicted octanol–water partition coefficient (Wildman–Crippen LogP) is 6.38. The molecule has 3 saturated carbocycles. The van der Waals surface area contributed by atoms with E-state index < -0.39 is 21.9 Å². The highest BCUT2D eigenvalue weighted by molar-refractivity contribution is 7.95. The molecular weight excluding hydrogens is 442 g/mol. The molecule has 1 aromatic rings. The lowest BCUT2D eigenvalue weighted by atomic mass is 9.61. The summed E-state index contributed by atoms with van der Waals surface area (Å²) in [6.07, 6.45) is 11.8. The zero-order chi connectivity index (χ0) is 24.5. The lowest BCUT2D eigenvalue weighted by molar-refractivity contribution is 0.0862. The fourth-order valence-corrected chi connectivity index (χ4v) is 7.87. The number of nitrogens with one attached hydrogen (secondary N) is 1. The minimum atomic E-state index is -2.93. The molecule has 0 heterocycles. The van der Waals surface area contributed by atoms with E-state index >= 15 is 0 Å². The van der Waals surface area contributed by atoms with E-state index in [9.17, 15) is 14.4 Å². The third-order valence-corrected chi connectivity index (χ3v) is 10.1. The van der Waals surface area contributed by atoms with Gasteiger partial charge in [-0.25, -0.2) is 8.99 Å². The van der Waals surface area contributed by atoms with Crippen LogP contribution in [0.1, 0.15) is 58.8 Å². The van der Waals surface area contributed by atoms with E-state index in [0.29, 0.717) is 29.6 Å². The lowest BCUT2D eigenvalue weighted by Crippen LogP contribution is -2.35. The van der Waals surface area contributed by atoms with Crippen molar-refractivity contribution in [2.24, 2.45) is 23.2 Å². The Hall–Kier alpha value is -1.95. The van der Waals surface area contributed by atoms with E-state index in [4.69, 9.17) is 4.78 Å². The van der Waals surface area contributed by atoms with Crippen molar-refractivity contribution in [3.05, 3.63) is 77.3 Å². The predicted molar refractivity (Wildman–Crippen MR) is 139 cm³/mol. The van der Waals surface area contributed by atoms with Crippen LogP contribution < -0.4 is 0 Å². The Kier molecular flexibility index (Phi) is 7.37. The van der Waals surface area contributed by atoms with Gasteiger partial charge >= 0.3 is 0 Å². The Morgan fingerprint density at radius 1 is 1.21 bits per heavy atom. The van der Waals surface area contributed by atoms with Crippen molar-refractivity contribution in [1.29, 1.82) is 4.78 Å². The third-order valence-electron chi connectivity index (χ3n) is 8.60. The van der Waals surface area contributed by atoms with Crippen molar-refractivity contribution in [3.63, 3.8) is 0 Å². The summed E-state index contributed by atoms with van der Waals surface area (Å²) < 4.78 is 21.3. The number of aliphatic hydroxyl groups excluding tert-OH is 2. The second kappa shape index (κ2) is 9.96. The maximum Gasteiger partial charge on any atom is 0.0940 e. The minimum absolute atomic E-state index is 0.185. The van der Waals surface area contributed by atoms with Crippen LogP contribution in [0.4, 0.5) is 0 Å². The van der Waals surface area contributed by atoms with Gasteiger partial charge in [0.2, 0.25) is 0 Å². The van der Waals surface area contributed by atoms with Crippen LogP contribution in [0.2, 0.25) is 0 Å². The Morgan fingerprint density at radius 2 is 1.94 bits per heavy atom. The summed E-state index contributed by atoms with van der Waals surface area (Å²) in [5.41, 5.74) is 3.35. The highest BCUT2D eigenvalue weighted by Crippen LogP contribution is 2.59. The first-order chi connectivity index (χ1) is 16.1. The van der Waals surface area contributed by atoms with Crippen molar-refractivity contribution >= 4 is 9.73 Å². The largest absolute Gasteiger partial charge is 0.393 e. The molecule has 0 radical (unpaired) electrons. The molecule has 0 aliphatic heterocycles. The minimum Gasteiger partial charge on any atom is -0.393 e. The summed E-state index contributed by atoms with van der Waals surface area (Å²) in [7, 11) is -2.93. The van der Waals surface area contributed by atoms with Crippen molar-refractivity contribution in [2.45, 2.75) is 75.9 Å². The van der Waals surface area contributed by atoms with Gasteiger partial charge in [-0.15, -0.1) is 0 Å². The number of rotatable bonds is 5. The standard InChI is InChI=1S/C29H39NO3S/c1-20(15-17-34(30,33)25-9-5-4-6-10-25)26-13-14-27-22(8-7-16-29(26,27)3)11-12-23-18-24(31)19-28(32)21(23)2/h4-6,9-12,15,17,20,24,26-28,30-32H,2,7-8,13-14,16,18-19H2,1,3H3/b17-15+,22-11+,23-12-/t20-,24+,26+,27-,28-,29+,34-/m0/s1. The summed E-state index contributed by atoms with van der Waals surface area (Å²) in [6, 6.07) is 9.08. The van der Waals surface area contributed by atoms with Crippen LogP contribution in [-0.4, -0.2) is 26.6 Å². The highest BCUT2D eigenvalue weighted by atomic mass is 32.2.